The molecule has 3 heteroatoms. The summed E-state index contributed by atoms with van der Waals surface area (Å²) in [6.45, 7) is 2.74. The summed E-state index contributed by atoms with van der Waals surface area (Å²) in [7, 11) is 0. The van der Waals surface area contributed by atoms with Gasteiger partial charge >= 0.3 is 0 Å². The molecule has 0 spiro atoms. The zero-order valence-corrected chi connectivity index (χ0v) is 8.92. The first-order valence-corrected chi connectivity index (χ1v) is 5.15. The van der Waals surface area contributed by atoms with Crippen LogP contribution < -0.4 is 10.5 Å². The van der Waals surface area contributed by atoms with Crippen molar-refractivity contribution in [1.82, 2.24) is 0 Å². The maximum atomic E-state index is 6.02. The molecule has 1 aliphatic carbocycles. The van der Waals surface area contributed by atoms with Crippen LogP contribution >= 0.6 is 11.6 Å². The molecule has 1 aliphatic rings. The van der Waals surface area contributed by atoms with Crippen molar-refractivity contribution in [3.8, 4) is 5.75 Å². The molecular weight excluding hydrogens is 198 g/mol. The molecule has 1 saturated carbocycles. The highest BCUT2D eigenvalue weighted by atomic mass is 35.5. The van der Waals surface area contributed by atoms with Crippen LogP contribution in [-0.4, -0.2) is 12.1 Å². The van der Waals surface area contributed by atoms with Crippen molar-refractivity contribution in [3.05, 3.63) is 29.3 Å². The number of hydrogen-bond acceptors (Lipinski definition) is 2. The Balaban J connectivity index is 1.89. The van der Waals surface area contributed by atoms with Crippen molar-refractivity contribution in [2.45, 2.75) is 18.9 Å². The van der Waals surface area contributed by atoms with E-state index in [2.05, 4.69) is 6.92 Å². The van der Waals surface area contributed by atoms with Gasteiger partial charge in [0.1, 0.15) is 12.4 Å². The van der Waals surface area contributed by atoms with Crippen LogP contribution in [0.3, 0.4) is 0 Å². The Morgan fingerprint density at radius 2 is 2.07 bits per heavy atom. The van der Waals surface area contributed by atoms with Crippen LogP contribution in [0, 0.1) is 5.92 Å². The molecule has 0 radical (unpaired) electrons. The van der Waals surface area contributed by atoms with Crippen LogP contribution in [0.5, 0.6) is 5.75 Å². The molecule has 0 aromatic heterocycles. The molecule has 0 heterocycles. The number of benzene rings is 1. The van der Waals surface area contributed by atoms with Crippen molar-refractivity contribution in [2.75, 3.05) is 6.61 Å². The van der Waals surface area contributed by atoms with Crippen LogP contribution in [0.4, 0.5) is 0 Å². The van der Waals surface area contributed by atoms with E-state index in [9.17, 15) is 0 Å². The van der Waals surface area contributed by atoms with E-state index in [4.69, 9.17) is 22.1 Å². The van der Waals surface area contributed by atoms with Gasteiger partial charge in [-0.15, -0.1) is 0 Å². The van der Waals surface area contributed by atoms with Crippen LogP contribution in [0.15, 0.2) is 24.3 Å². The third kappa shape index (κ3) is 2.02. The minimum atomic E-state index is -0.0976. The highest BCUT2D eigenvalue weighted by Gasteiger charge is 2.48. The van der Waals surface area contributed by atoms with E-state index in [1.165, 1.54) is 0 Å². The van der Waals surface area contributed by atoms with Crippen LogP contribution in [-0.2, 0) is 0 Å². The lowest BCUT2D eigenvalue weighted by atomic mass is 10.2. The predicted molar refractivity (Wildman–Crippen MR) is 57.6 cm³/mol. The summed E-state index contributed by atoms with van der Waals surface area (Å²) in [5.41, 5.74) is 5.92. The number of rotatable bonds is 3. The van der Waals surface area contributed by atoms with Crippen molar-refractivity contribution in [3.63, 3.8) is 0 Å². The second kappa shape index (κ2) is 3.44. The quantitative estimate of drug-likeness (QED) is 0.834. The van der Waals surface area contributed by atoms with Gasteiger partial charge in [0.15, 0.2) is 0 Å². The minimum absolute atomic E-state index is 0.0976. The van der Waals surface area contributed by atoms with E-state index in [0.717, 1.165) is 17.2 Å². The van der Waals surface area contributed by atoms with E-state index in [0.29, 0.717) is 12.5 Å². The van der Waals surface area contributed by atoms with Gasteiger partial charge in [-0.25, -0.2) is 0 Å². The molecule has 14 heavy (non-hydrogen) atoms. The van der Waals surface area contributed by atoms with E-state index in [1.54, 1.807) is 0 Å². The lowest BCUT2D eigenvalue weighted by Crippen LogP contribution is -2.32. The molecule has 2 nitrogen and oxygen atoms in total. The zero-order chi connectivity index (χ0) is 10.2. The van der Waals surface area contributed by atoms with Gasteiger partial charge in [0.05, 0.1) is 5.54 Å². The van der Waals surface area contributed by atoms with Gasteiger partial charge in [-0.05, 0) is 36.6 Å². The topological polar surface area (TPSA) is 35.2 Å². The molecule has 2 rings (SSSR count). The Morgan fingerprint density at radius 1 is 1.50 bits per heavy atom. The number of hydrogen-bond donors (Lipinski definition) is 1. The summed E-state index contributed by atoms with van der Waals surface area (Å²) in [6.07, 6.45) is 1.06. The second-order valence-corrected chi connectivity index (χ2v) is 4.52. The lowest BCUT2D eigenvalue weighted by molar-refractivity contribution is 0.271. The van der Waals surface area contributed by atoms with Gasteiger partial charge in [0.25, 0.3) is 0 Å². The van der Waals surface area contributed by atoms with Crippen molar-refractivity contribution in [1.29, 1.82) is 0 Å². The molecule has 1 aromatic carbocycles. The first-order chi connectivity index (χ1) is 6.60. The second-order valence-electron chi connectivity index (χ2n) is 4.08. The molecule has 1 aromatic rings. The standard InChI is InChI=1S/C11H14ClNO/c1-8-6-11(8,13)7-14-10-4-2-9(12)3-5-10/h2-5,8H,6-7,13H2,1H3. The van der Waals surface area contributed by atoms with Crippen molar-refractivity contribution >= 4 is 11.6 Å². The van der Waals surface area contributed by atoms with Gasteiger partial charge in [-0.3, -0.25) is 0 Å². The van der Waals surface area contributed by atoms with Gasteiger partial charge in [-0.2, -0.15) is 0 Å². The van der Waals surface area contributed by atoms with Crippen molar-refractivity contribution < 1.29 is 4.74 Å². The smallest absolute Gasteiger partial charge is 0.119 e. The Bertz CT molecular complexity index is 325. The Morgan fingerprint density at radius 3 is 2.57 bits per heavy atom. The monoisotopic (exact) mass is 211 g/mol. The summed E-state index contributed by atoms with van der Waals surface area (Å²) in [6, 6.07) is 7.35. The fraction of sp³-hybridized carbons (Fsp3) is 0.455. The van der Waals surface area contributed by atoms with Crippen molar-refractivity contribution in [2.24, 2.45) is 11.7 Å². The number of ether oxygens (including phenoxy) is 1. The molecular formula is C11H14ClNO. The summed E-state index contributed by atoms with van der Waals surface area (Å²) < 4.78 is 5.57. The summed E-state index contributed by atoms with van der Waals surface area (Å²) in [5, 5.41) is 0.722. The maximum Gasteiger partial charge on any atom is 0.119 e. The average molecular weight is 212 g/mol. The molecule has 0 aliphatic heterocycles. The molecule has 2 N–H and O–H groups in total. The maximum absolute atomic E-state index is 6.02. The van der Waals surface area contributed by atoms with Gasteiger partial charge in [-0.1, -0.05) is 18.5 Å². The largest absolute Gasteiger partial charge is 0.492 e. The molecule has 2 atom stereocenters. The fourth-order valence-corrected chi connectivity index (χ4v) is 1.59. The van der Waals surface area contributed by atoms with Gasteiger partial charge in [0.2, 0.25) is 0 Å². The Hall–Kier alpha value is -0.730. The van der Waals surface area contributed by atoms with Crippen LogP contribution in [0.25, 0.3) is 0 Å². The Kier molecular flexibility index (Phi) is 2.41. The zero-order valence-electron chi connectivity index (χ0n) is 8.16. The molecule has 0 amide bonds. The normalized spacial score (nSPS) is 30.1. The van der Waals surface area contributed by atoms with Gasteiger partial charge in [0, 0.05) is 5.02 Å². The van der Waals surface area contributed by atoms with Crippen LogP contribution in [0.1, 0.15) is 13.3 Å². The van der Waals surface area contributed by atoms with E-state index in [-0.39, 0.29) is 5.54 Å². The number of nitrogens with two attached hydrogens (primary N) is 1. The molecule has 0 bridgehead atoms. The first-order valence-electron chi connectivity index (χ1n) is 4.77. The third-order valence-electron chi connectivity index (χ3n) is 2.83. The van der Waals surface area contributed by atoms with E-state index in [1.807, 2.05) is 24.3 Å². The first kappa shape index (κ1) is 9.81. The highest BCUT2D eigenvalue weighted by Crippen LogP contribution is 2.40. The fourth-order valence-electron chi connectivity index (χ4n) is 1.46. The lowest BCUT2D eigenvalue weighted by Gasteiger charge is -2.12. The highest BCUT2D eigenvalue weighted by molar-refractivity contribution is 6.30. The molecule has 0 saturated heterocycles. The summed E-state index contributed by atoms with van der Waals surface area (Å²) in [5.74, 6) is 1.41. The SMILES string of the molecule is CC1CC1(N)COc1ccc(Cl)cc1. The van der Waals surface area contributed by atoms with E-state index < -0.39 is 0 Å². The van der Waals surface area contributed by atoms with Crippen LogP contribution in [0.2, 0.25) is 5.02 Å². The molecule has 76 valence electrons. The summed E-state index contributed by atoms with van der Waals surface area (Å²) >= 11 is 5.76. The molecule has 2 unspecified atom stereocenters. The average Bonchev–Trinajstić information content (AvgIpc) is 2.74. The minimum Gasteiger partial charge on any atom is -0.492 e. The van der Waals surface area contributed by atoms with E-state index >= 15 is 0 Å². The summed E-state index contributed by atoms with van der Waals surface area (Å²) in [4.78, 5) is 0. The van der Waals surface area contributed by atoms with Gasteiger partial charge < -0.3 is 10.5 Å². The number of halogens is 1. The molecule has 1 fully saturated rings. The predicted octanol–water partition coefficient (Wildman–Crippen LogP) is 2.46. The third-order valence-corrected chi connectivity index (χ3v) is 3.08. The Labute approximate surface area is 89.0 Å².